The number of para-hydroxylation sites is 3. The smallest absolute Gasteiger partial charge is 0.0547 e. The molecule has 2 nitrogen and oxygen atoms in total. The van der Waals surface area contributed by atoms with Gasteiger partial charge in [0, 0.05) is 32.9 Å². The molecule has 0 bridgehead atoms. The zero-order chi connectivity index (χ0) is 30.2. The van der Waals surface area contributed by atoms with Crippen LogP contribution in [-0.4, -0.2) is 9.13 Å². The van der Waals surface area contributed by atoms with Crippen molar-refractivity contribution in [2.45, 2.75) is 0 Å². The van der Waals surface area contributed by atoms with Crippen LogP contribution in [0.4, 0.5) is 0 Å². The van der Waals surface area contributed by atoms with Crippen molar-refractivity contribution in [3.05, 3.63) is 170 Å². The molecule has 0 amide bonds. The molecule has 46 heavy (non-hydrogen) atoms. The molecule has 0 aliphatic heterocycles. The quantitative estimate of drug-likeness (QED) is 0.195. The van der Waals surface area contributed by atoms with E-state index in [1.54, 1.807) is 0 Å². The minimum atomic E-state index is 1.17. The highest BCUT2D eigenvalue weighted by molar-refractivity contribution is 6.29. The maximum atomic E-state index is 2.42. The molecule has 0 fully saturated rings. The highest BCUT2D eigenvalue weighted by atomic mass is 15.0. The lowest BCUT2D eigenvalue weighted by Gasteiger charge is -2.11. The average Bonchev–Trinajstić information content (AvgIpc) is 3.65. The standard InChI is InChI=1S/C44H28N2/c1-3-13-31(14-4-1)45-39-21-10-9-18-36(39)38-28-30(23-25-40(38)45)33-19-11-20-37-35(33)24-27-42-44(37)43-34-17-8-7-12-29(34)22-26-41(43)46(42)32-15-5-2-6-16-32/h1-28H. The molecule has 0 unspecified atom stereocenters. The number of rotatable bonds is 3. The van der Waals surface area contributed by atoms with Gasteiger partial charge in [0.15, 0.2) is 0 Å². The normalized spacial score (nSPS) is 11.9. The highest BCUT2D eigenvalue weighted by Gasteiger charge is 2.19. The molecule has 2 heterocycles. The summed E-state index contributed by atoms with van der Waals surface area (Å²) >= 11 is 0. The fourth-order valence-electron chi connectivity index (χ4n) is 7.74. The largest absolute Gasteiger partial charge is 0.309 e. The molecule has 8 aromatic carbocycles. The van der Waals surface area contributed by atoms with Gasteiger partial charge in [0.25, 0.3) is 0 Å². The van der Waals surface area contributed by atoms with Crippen LogP contribution < -0.4 is 0 Å². The van der Waals surface area contributed by atoms with Gasteiger partial charge in [-0.15, -0.1) is 0 Å². The van der Waals surface area contributed by atoms with Gasteiger partial charge in [0.2, 0.25) is 0 Å². The lowest BCUT2D eigenvalue weighted by Crippen LogP contribution is -1.93. The predicted molar refractivity (Wildman–Crippen MR) is 196 cm³/mol. The molecular formula is C44H28N2. The molecular weight excluding hydrogens is 556 g/mol. The first-order valence-electron chi connectivity index (χ1n) is 15.9. The van der Waals surface area contributed by atoms with Gasteiger partial charge < -0.3 is 9.13 Å². The van der Waals surface area contributed by atoms with E-state index in [2.05, 4.69) is 179 Å². The summed E-state index contributed by atoms with van der Waals surface area (Å²) in [6.07, 6.45) is 0. The summed E-state index contributed by atoms with van der Waals surface area (Å²) in [6, 6.07) is 61.9. The van der Waals surface area contributed by atoms with Gasteiger partial charge in [0.05, 0.1) is 22.1 Å². The number of nitrogens with zero attached hydrogens (tertiary/aromatic N) is 2. The lowest BCUT2D eigenvalue weighted by atomic mass is 9.94. The van der Waals surface area contributed by atoms with Gasteiger partial charge in [-0.3, -0.25) is 0 Å². The first-order chi connectivity index (χ1) is 22.8. The van der Waals surface area contributed by atoms with Gasteiger partial charge in [-0.05, 0) is 87.3 Å². The minimum Gasteiger partial charge on any atom is -0.309 e. The third-order valence-electron chi connectivity index (χ3n) is 9.69. The van der Waals surface area contributed by atoms with E-state index in [1.807, 2.05) is 0 Å². The molecule has 2 aromatic heterocycles. The summed E-state index contributed by atoms with van der Waals surface area (Å²) < 4.78 is 4.80. The monoisotopic (exact) mass is 584 g/mol. The summed E-state index contributed by atoms with van der Waals surface area (Å²) in [5.74, 6) is 0. The van der Waals surface area contributed by atoms with E-state index in [0.717, 1.165) is 0 Å². The molecule has 10 aromatic rings. The first kappa shape index (κ1) is 25.2. The number of aromatic nitrogens is 2. The Kier molecular flexibility index (Phi) is 5.31. The second-order valence-electron chi connectivity index (χ2n) is 12.1. The molecule has 0 saturated heterocycles. The zero-order valence-corrected chi connectivity index (χ0v) is 25.1. The molecule has 0 atom stereocenters. The van der Waals surface area contributed by atoms with E-state index in [0.29, 0.717) is 0 Å². The first-order valence-corrected chi connectivity index (χ1v) is 15.9. The van der Waals surface area contributed by atoms with Crippen LogP contribution in [0.1, 0.15) is 0 Å². The van der Waals surface area contributed by atoms with Crippen LogP contribution in [0.15, 0.2) is 170 Å². The fourth-order valence-corrected chi connectivity index (χ4v) is 7.74. The molecule has 10 rings (SSSR count). The molecule has 0 saturated carbocycles. The second kappa shape index (κ2) is 9.69. The Labute approximate surface area is 266 Å². The Bertz CT molecular complexity index is 2780. The highest BCUT2D eigenvalue weighted by Crippen LogP contribution is 2.43. The van der Waals surface area contributed by atoms with E-state index in [9.17, 15) is 0 Å². The van der Waals surface area contributed by atoms with Crippen LogP contribution in [0.25, 0.3) is 87.7 Å². The Balaban J connectivity index is 1.28. The lowest BCUT2D eigenvalue weighted by molar-refractivity contribution is 1.18. The van der Waals surface area contributed by atoms with Crippen LogP contribution in [-0.2, 0) is 0 Å². The van der Waals surface area contributed by atoms with E-state index < -0.39 is 0 Å². The van der Waals surface area contributed by atoms with Crippen molar-refractivity contribution in [1.82, 2.24) is 9.13 Å². The topological polar surface area (TPSA) is 9.86 Å². The maximum absolute atomic E-state index is 2.42. The summed E-state index contributed by atoms with van der Waals surface area (Å²) in [4.78, 5) is 0. The Hall–Kier alpha value is -6.12. The Morgan fingerprint density at radius 1 is 0.304 bits per heavy atom. The van der Waals surface area contributed by atoms with Gasteiger partial charge in [-0.25, -0.2) is 0 Å². The second-order valence-corrected chi connectivity index (χ2v) is 12.1. The molecule has 214 valence electrons. The number of fused-ring (bicyclic) bond motifs is 10. The van der Waals surface area contributed by atoms with Crippen molar-refractivity contribution < 1.29 is 0 Å². The number of hydrogen-bond donors (Lipinski definition) is 0. The fraction of sp³-hybridized carbons (Fsp3) is 0. The number of benzene rings is 8. The van der Waals surface area contributed by atoms with Crippen molar-refractivity contribution in [2.24, 2.45) is 0 Å². The molecule has 0 aliphatic rings. The summed E-state index contributed by atoms with van der Waals surface area (Å²) in [5, 5.41) is 10.2. The third-order valence-corrected chi connectivity index (χ3v) is 9.69. The van der Waals surface area contributed by atoms with Gasteiger partial charge in [-0.2, -0.15) is 0 Å². The van der Waals surface area contributed by atoms with Crippen molar-refractivity contribution in [1.29, 1.82) is 0 Å². The summed E-state index contributed by atoms with van der Waals surface area (Å²) in [6.45, 7) is 0. The van der Waals surface area contributed by atoms with Crippen LogP contribution in [0.5, 0.6) is 0 Å². The average molecular weight is 585 g/mol. The molecule has 0 spiro atoms. The number of hydrogen-bond acceptors (Lipinski definition) is 0. The van der Waals surface area contributed by atoms with Crippen LogP contribution in [0, 0.1) is 0 Å². The maximum Gasteiger partial charge on any atom is 0.0547 e. The van der Waals surface area contributed by atoms with Crippen molar-refractivity contribution in [3.8, 4) is 22.5 Å². The van der Waals surface area contributed by atoms with Gasteiger partial charge >= 0.3 is 0 Å². The Morgan fingerprint density at radius 2 is 0.870 bits per heavy atom. The molecule has 0 N–H and O–H groups in total. The van der Waals surface area contributed by atoms with Crippen LogP contribution in [0.3, 0.4) is 0 Å². The van der Waals surface area contributed by atoms with Crippen molar-refractivity contribution >= 4 is 65.2 Å². The van der Waals surface area contributed by atoms with E-state index in [4.69, 9.17) is 0 Å². The molecule has 0 aliphatic carbocycles. The van der Waals surface area contributed by atoms with Gasteiger partial charge in [-0.1, -0.05) is 115 Å². The summed E-state index contributed by atoms with van der Waals surface area (Å²) in [7, 11) is 0. The Morgan fingerprint density at radius 3 is 1.65 bits per heavy atom. The van der Waals surface area contributed by atoms with Crippen LogP contribution in [0.2, 0.25) is 0 Å². The molecule has 0 radical (unpaired) electrons. The SMILES string of the molecule is c1ccc(-n2c3ccccc3c3cc(-c4cccc5c4ccc4c5c5c6ccccc6ccc5n4-c4ccccc4)ccc32)cc1. The van der Waals surface area contributed by atoms with E-state index in [1.165, 1.54) is 87.7 Å². The van der Waals surface area contributed by atoms with Crippen LogP contribution >= 0.6 is 0 Å². The minimum absolute atomic E-state index is 1.17. The summed E-state index contributed by atoms with van der Waals surface area (Å²) in [5.41, 5.74) is 9.72. The predicted octanol–water partition coefficient (Wildman–Crippen LogP) is 11.9. The van der Waals surface area contributed by atoms with Crippen molar-refractivity contribution in [3.63, 3.8) is 0 Å². The zero-order valence-electron chi connectivity index (χ0n) is 25.1. The van der Waals surface area contributed by atoms with Gasteiger partial charge in [0.1, 0.15) is 0 Å². The molecule has 2 heteroatoms. The van der Waals surface area contributed by atoms with E-state index >= 15 is 0 Å². The van der Waals surface area contributed by atoms with Crippen molar-refractivity contribution in [2.75, 3.05) is 0 Å². The third kappa shape index (κ3) is 3.53. The van der Waals surface area contributed by atoms with E-state index in [-0.39, 0.29) is 0 Å².